The standard InChI is InChI=1S/C18H20F2N4O/c1-2-17-21-9-13-3-4-24(10-16(13)23-17)11-18(25)22-8-12-5-14(19)7-15(20)6-12/h5-7,9H,2-4,8,10-11H2,1H3,(H,22,25). The average molecular weight is 346 g/mol. The molecule has 5 nitrogen and oxygen atoms in total. The van der Waals surface area contributed by atoms with Gasteiger partial charge in [-0.05, 0) is 29.7 Å². The van der Waals surface area contributed by atoms with Gasteiger partial charge in [-0.1, -0.05) is 6.92 Å². The van der Waals surface area contributed by atoms with Gasteiger partial charge in [-0.3, -0.25) is 9.69 Å². The smallest absolute Gasteiger partial charge is 0.234 e. The highest BCUT2D eigenvalue weighted by Gasteiger charge is 2.20. The molecule has 1 aromatic heterocycles. The molecule has 1 amide bonds. The number of hydrogen-bond acceptors (Lipinski definition) is 4. The highest BCUT2D eigenvalue weighted by Crippen LogP contribution is 2.16. The summed E-state index contributed by atoms with van der Waals surface area (Å²) in [5.74, 6) is -0.678. The van der Waals surface area contributed by atoms with Crippen molar-refractivity contribution >= 4 is 5.91 Å². The van der Waals surface area contributed by atoms with Crippen LogP contribution >= 0.6 is 0 Å². The van der Waals surface area contributed by atoms with Crippen LogP contribution in [0.3, 0.4) is 0 Å². The maximum Gasteiger partial charge on any atom is 0.234 e. The van der Waals surface area contributed by atoms with Gasteiger partial charge in [-0.25, -0.2) is 18.7 Å². The summed E-state index contributed by atoms with van der Waals surface area (Å²) in [6.07, 6.45) is 3.46. The third-order valence-electron chi connectivity index (χ3n) is 4.17. The molecule has 3 rings (SSSR count). The minimum Gasteiger partial charge on any atom is -0.351 e. The monoisotopic (exact) mass is 346 g/mol. The molecule has 0 saturated carbocycles. The molecule has 0 fully saturated rings. The van der Waals surface area contributed by atoms with Crippen LogP contribution < -0.4 is 5.32 Å². The third-order valence-corrected chi connectivity index (χ3v) is 4.17. The minimum atomic E-state index is -0.650. The molecule has 1 aliphatic rings. The quantitative estimate of drug-likeness (QED) is 0.900. The zero-order valence-electron chi connectivity index (χ0n) is 14.1. The van der Waals surface area contributed by atoms with E-state index < -0.39 is 11.6 Å². The van der Waals surface area contributed by atoms with Gasteiger partial charge in [0.1, 0.15) is 17.5 Å². The molecule has 1 N–H and O–H groups in total. The van der Waals surface area contributed by atoms with Crippen LogP contribution in [-0.2, 0) is 30.7 Å². The van der Waals surface area contributed by atoms with E-state index in [1.54, 1.807) is 0 Å². The number of carbonyl (C=O) groups is 1. The highest BCUT2D eigenvalue weighted by molar-refractivity contribution is 5.78. The van der Waals surface area contributed by atoms with Crippen molar-refractivity contribution in [2.45, 2.75) is 32.9 Å². The molecule has 1 aromatic carbocycles. The maximum atomic E-state index is 13.2. The first kappa shape index (κ1) is 17.4. The van der Waals surface area contributed by atoms with E-state index in [9.17, 15) is 13.6 Å². The van der Waals surface area contributed by atoms with E-state index >= 15 is 0 Å². The van der Waals surface area contributed by atoms with Gasteiger partial charge in [-0.15, -0.1) is 0 Å². The van der Waals surface area contributed by atoms with Crippen molar-refractivity contribution in [2.75, 3.05) is 13.1 Å². The SMILES string of the molecule is CCc1ncc2c(n1)CN(CC(=O)NCc1cc(F)cc(F)c1)CC2. The van der Waals surface area contributed by atoms with Crippen LogP contribution in [-0.4, -0.2) is 33.9 Å². The van der Waals surface area contributed by atoms with E-state index in [4.69, 9.17) is 0 Å². The lowest BCUT2D eigenvalue weighted by Gasteiger charge is -2.27. The summed E-state index contributed by atoms with van der Waals surface area (Å²) in [5.41, 5.74) is 2.50. The summed E-state index contributed by atoms with van der Waals surface area (Å²) < 4.78 is 26.3. The second-order valence-electron chi connectivity index (χ2n) is 6.13. The van der Waals surface area contributed by atoms with Crippen molar-refractivity contribution in [3.8, 4) is 0 Å². The number of nitrogens with zero attached hydrogens (tertiary/aromatic N) is 3. The number of rotatable bonds is 5. The molecular weight excluding hydrogens is 326 g/mol. The number of aromatic nitrogens is 2. The van der Waals surface area contributed by atoms with Gasteiger partial charge in [0.2, 0.25) is 5.91 Å². The second kappa shape index (κ2) is 7.65. The van der Waals surface area contributed by atoms with E-state index in [1.165, 1.54) is 12.1 Å². The predicted molar refractivity (Wildman–Crippen MR) is 88.6 cm³/mol. The summed E-state index contributed by atoms with van der Waals surface area (Å²) in [7, 11) is 0. The third kappa shape index (κ3) is 4.57. The Labute approximate surface area is 145 Å². The largest absolute Gasteiger partial charge is 0.351 e. The van der Waals surface area contributed by atoms with E-state index in [-0.39, 0.29) is 19.0 Å². The van der Waals surface area contributed by atoms with Crippen molar-refractivity contribution in [1.29, 1.82) is 0 Å². The summed E-state index contributed by atoms with van der Waals surface area (Å²) in [6.45, 7) is 3.69. The molecule has 2 heterocycles. The number of halogens is 2. The maximum absolute atomic E-state index is 13.2. The highest BCUT2D eigenvalue weighted by atomic mass is 19.1. The van der Waals surface area contributed by atoms with Gasteiger partial charge in [-0.2, -0.15) is 0 Å². The molecular formula is C18H20F2N4O. The molecule has 0 atom stereocenters. The van der Waals surface area contributed by atoms with Crippen molar-refractivity contribution in [2.24, 2.45) is 0 Å². The zero-order chi connectivity index (χ0) is 17.8. The average Bonchev–Trinajstić information content (AvgIpc) is 2.58. The summed E-state index contributed by atoms with van der Waals surface area (Å²) >= 11 is 0. The van der Waals surface area contributed by atoms with Gasteiger partial charge in [0.25, 0.3) is 0 Å². The Balaban J connectivity index is 1.54. The lowest BCUT2D eigenvalue weighted by atomic mass is 10.1. The van der Waals surface area contributed by atoms with Gasteiger partial charge in [0.05, 0.1) is 12.2 Å². The normalized spacial score (nSPS) is 14.2. The number of amides is 1. The van der Waals surface area contributed by atoms with Crippen molar-refractivity contribution in [3.63, 3.8) is 0 Å². The first-order valence-corrected chi connectivity index (χ1v) is 8.31. The number of hydrogen-bond donors (Lipinski definition) is 1. The molecule has 0 unspecified atom stereocenters. The van der Waals surface area contributed by atoms with Crippen LogP contribution in [0, 0.1) is 11.6 Å². The number of carbonyl (C=O) groups excluding carboxylic acids is 1. The van der Waals surface area contributed by atoms with Crippen LogP contribution in [0.4, 0.5) is 8.78 Å². The second-order valence-corrected chi connectivity index (χ2v) is 6.13. The molecule has 2 aromatic rings. The molecule has 25 heavy (non-hydrogen) atoms. The lowest BCUT2D eigenvalue weighted by molar-refractivity contribution is -0.122. The summed E-state index contributed by atoms with van der Waals surface area (Å²) in [6, 6.07) is 3.23. The van der Waals surface area contributed by atoms with Gasteiger partial charge < -0.3 is 5.32 Å². The molecule has 1 aliphatic heterocycles. The number of nitrogens with one attached hydrogen (secondary N) is 1. The molecule has 0 aliphatic carbocycles. The van der Waals surface area contributed by atoms with Crippen LogP contribution in [0.2, 0.25) is 0 Å². The minimum absolute atomic E-state index is 0.0973. The zero-order valence-corrected chi connectivity index (χ0v) is 14.1. The van der Waals surface area contributed by atoms with E-state index in [1.807, 2.05) is 18.0 Å². The first-order valence-electron chi connectivity index (χ1n) is 8.31. The van der Waals surface area contributed by atoms with Gasteiger partial charge >= 0.3 is 0 Å². The molecule has 0 saturated heterocycles. The predicted octanol–water partition coefficient (Wildman–Crippen LogP) is 1.99. The Morgan fingerprint density at radius 1 is 1.28 bits per heavy atom. The van der Waals surface area contributed by atoms with Crippen LogP contribution in [0.25, 0.3) is 0 Å². The van der Waals surface area contributed by atoms with E-state index in [0.717, 1.165) is 42.5 Å². The van der Waals surface area contributed by atoms with Crippen LogP contribution in [0.5, 0.6) is 0 Å². The Kier molecular flexibility index (Phi) is 5.33. The molecule has 7 heteroatoms. The van der Waals surface area contributed by atoms with Crippen molar-refractivity contribution in [1.82, 2.24) is 20.2 Å². The Morgan fingerprint density at radius 2 is 2.04 bits per heavy atom. The Hall–Kier alpha value is -2.41. The van der Waals surface area contributed by atoms with Gasteiger partial charge in [0, 0.05) is 38.3 Å². The molecule has 0 spiro atoms. The van der Waals surface area contributed by atoms with Crippen molar-refractivity contribution < 1.29 is 13.6 Å². The fourth-order valence-corrected chi connectivity index (χ4v) is 2.88. The molecule has 0 bridgehead atoms. The number of benzene rings is 1. The Morgan fingerprint density at radius 3 is 2.76 bits per heavy atom. The lowest BCUT2D eigenvalue weighted by Crippen LogP contribution is -2.40. The van der Waals surface area contributed by atoms with E-state index in [2.05, 4.69) is 15.3 Å². The number of fused-ring (bicyclic) bond motifs is 1. The van der Waals surface area contributed by atoms with E-state index in [0.29, 0.717) is 12.1 Å². The molecule has 0 radical (unpaired) electrons. The Bertz CT molecular complexity index is 761. The summed E-state index contributed by atoms with van der Waals surface area (Å²) in [5, 5.41) is 2.70. The van der Waals surface area contributed by atoms with Crippen molar-refractivity contribution in [3.05, 3.63) is 58.7 Å². The first-order chi connectivity index (χ1) is 12.0. The van der Waals surface area contributed by atoms with Crippen LogP contribution in [0.15, 0.2) is 24.4 Å². The topological polar surface area (TPSA) is 58.1 Å². The van der Waals surface area contributed by atoms with Gasteiger partial charge in [0.15, 0.2) is 0 Å². The number of aryl methyl sites for hydroxylation is 1. The fourth-order valence-electron chi connectivity index (χ4n) is 2.88. The fraction of sp³-hybridized carbons (Fsp3) is 0.389. The molecule has 132 valence electrons. The van der Waals surface area contributed by atoms with Crippen LogP contribution in [0.1, 0.15) is 29.6 Å². The summed E-state index contributed by atoms with van der Waals surface area (Å²) in [4.78, 5) is 23.0.